The third-order valence-electron chi connectivity index (χ3n) is 3.33. The second-order valence-electron chi connectivity index (χ2n) is 5.20. The number of aryl methyl sites for hydroxylation is 1. The number of aromatic nitrogens is 4. The number of methoxy groups -OCH3 is 1. The fourth-order valence-corrected chi connectivity index (χ4v) is 1.97. The molecule has 0 bridgehead atoms. The van der Waals surface area contributed by atoms with E-state index in [2.05, 4.69) is 53.7 Å². The average molecular weight is 275 g/mol. The lowest BCUT2D eigenvalue weighted by Crippen LogP contribution is -2.30. The third-order valence-corrected chi connectivity index (χ3v) is 3.33. The van der Waals surface area contributed by atoms with Gasteiger partial charge < -0.3 is 10.1 Å². The molecular formula is C14H21N5O. The van der Waals surface area contributed by atoms with Crippen molar-refractivity contribution in [1.82, 2.24) is 20.2 Å². The van der Waals surface area contributed by atoms with Crippen LogP contribution in [0.25, 0.3) is 5.69 Å². The van der Waals surface area contributed by atoms with Gasteiger partial charge in [-0.15, -0.1) is 5.10 Å². The highest BCUT2D eigenvalue weighted by Gasteiger charge is 2.14. The predicted molar refractivity (Wildman–Crippen MR) is 78.0 cm³/mol. The van der Waals surface area contributed by atoms with Gasteiger partial charge in [-0.3, -0.25) is 0 Å². The second kappa shape index (κ2) is 6.47. The van der Waals surface area contributed by atoms with Gasteiger partial charge in [0.05, 0.1) is 18.3 Å². The van der Waals surface area contributed by atoms with Crippen molar-refractivity contribution in [3.8, 4) is 5.69 Å². The SMILES string of the molecule is COCC(Nc1cc(-n2cnnn2)ccc1C)C(C)C. The van der Waals surface area contributed by atoms with Crippen LogP contribution in [0, 0.1) is 12.8 Å². The monoisotopic (exact) mass is 275 g/mol. The maximum absolute atomic E-state index is 5.28. The Labute approximate surface area is 119 Å². The Morgan fingerprint density at radius 1 is 1.35 bits per heavy atom. The van der Waals surface area contributed by atoms with E-state index in [4.69, 9.17) is 4.74 Å². The molecule has 108 valence electrons. The van der Waals surface area contributed by atoms with Gasteiger partial charge in [0.15, 0.2) is 0 Å². The summed E-state index contributed by atoms with van der Waals surface area (Å²) in [4.78, 5) is 0. The Hall–Kier alpha value is -1.95. The third kappa shape index (κ3) is 3.33. The van der Waals surface area contributed by atoms with Crippen LogP contribution in [0.2, 0.25) is 0 Å². The van der Waals surface area contributed by atoms with Gasteiger partial charge in [-0.2, -0.15) is 0 Å². The first-order valence-corrected chi connectivity index (χ1v) is 6.71. The summed E-state index contributed by atoms with van der Waals surface area (Å²) in [5, 5.41) is 14.8. The molecule has 6 heteroatoms. The smallest absolute Gasteiger partial charge is 0.143 e. The van der Waals surface area contributed by atoms with Gasteiger partial charge in [-0.25, -0.2) is 4.68 Å². The van der Waals surface area contributed by atoms with Gasteiger partial charge in [0.25, 0.3) is 0 Å². The summed E-state index contributed by atoms with van der Waals surface area (Å²) in [7, 11) is 1.72. The molecule has 0 aliphatic carbocycles. The van der Waals surface area contributed by atoms with Crippen molar-refractivity contribution in [2.45, 2.75) is 26.8 Å². The van der Waals surface area contributed by atoms with E-state index in [0.717, 1.165) is 11.4 Å². The molecule has 1 atom stereocenters. The minimum atomic E-state index is 0.267. The fraction of sp³-hybridized carbons (Fsp3) is 0.500. The van der Waals surface area contributed by atoms with Crippen LogP contribution in [-0.4, -0.2) is 40.0 Å². The number of hydrogen-bond donors (Lipinski definition) is 1. The normalized spacial score (nSPS) is 12.7. The van der Waals surface area contributed by atoms with Crippen molar-refractivity contribution in [3.05, 3.63) is 30.1 Å². The summed E-state index contributed by atoms with van der Waals surface area (Å²) in [5.41, 5.74) is 3.19. The number of tetrazole rings is 1. The number of ether oxygens (including phenoxy) is 1. The molecule has 1 unspecified atom stereocenters. The summed E-state index contributed by atoms with van der Waals surface area (Å²) in [6, 6.07) is 6.38. The van der Waals surface area contributed by atoms with Crippen molar-refractivity contribution in [3.63, 3.8) is 0 Å². The second-order valence-corrected chi connectivity index (χ2v) is 5.20. The Morgan fingerprint density at radius 2 is 2.15 bits per heavy atom. The summed E-state index contributed by atoms with van der Waals surface area (Å²) in [6.07, 6.45) is 1.59. The van der Waals surface area contributed by atoms with E-state index < -0.39 is 0 Å². The standard InChI is InChI=1S/C14H21N5O/c1-10(2)14(8-20-4)16-13-7-12(6-5-11(13)3)19-9-15-17-18-19/h5-7,9-10,14,16H,8H2,1-4H3. The largest absolute Gasteiger partial charge is 0.383 e. The summed E-state index contributed by atoms with van der Waals surface area (Å²) in [6.45, 7) is 7.11. The highest BCUT2D eigenvalue weighted by atomic mass is 16.5. The van der Waals surface area contributed by atoms with Crippen LogP contribution >= 0.6 is 0 Å². The predicted octanol–water partition coefficient (Wildman–Crippen LogP) is 2.05. The van der Waals surface area contributed by atoms with Crippen LogP contribution in [0.1, 0.15) is 19.4 Å². The number of anilines is 1. The minimum absolute atomic E-state index is 0.267. The van der Waals surface area contributed by atoms with Gasteiger partial charge in [0.2, 0.25) is 0 Å². The van der Waals surface area contributed by atoms with Crippen LogP contribution in [0.3, 0.4) is 0 Å². The molecule has 2 aromatic rings. The Balaban J connectivity index is 2.24. The molecule has 20 heavy (non-hydrogen) atoms. The summed E-state index contributed by atoms with van der Waals surface area (Å²) in [5.74, 6) is 0.478. The Bertz CT molecular complexity index is 539. The van der Waals surface area contributed by atoms with E-state index >= 15 is 0 Å². The lowest BCUT2D eigenvalue weighted by Gasteiger charge is -2.24. The van der Waals surface area contributed by atoms with E-state index in [1.54, 1.807) is 18.1 Å². The van der Waals surface area contributed by atoms with Crippen molar-refractivity contribution >= 4 is 5.69 Å². The molecule has 1 aromatic heterocycles. The van der Waals surface area contributed by atoms with Gasteiger partial charge in [0.1, 0.15) is 6.33 Å². The van der Waals surface area contributed by atoms with E-state index in [1.807, 2.05) is 6.07 Å². The highest BCUT2D eigenvalue weighted by Crippen LogP contribution is 2.21. The number of benzene rings is 1. The van der Waals surface area contributed by atoms with Crippen LogP contribution in [0.4, 0.5) is 5.69 Å². The molecule has 1 aromatic carbocycles. The quantitative estimate of drug-likeness (QED) is 0.874. The maximum Gasteiger partial charge on any atom is 0.143 e. The zero-order chi connectivity index (χ0) is 14.5. The molecular weight excluding hydrogens is 254 g/mol. The van der Waals surface area contributed by atoms with E-state index in [0.29, 0.717) is 12.5 Å². The zero-order valence-electron chi connectivity index (χ0n) is 12.4. The van der Waals surface area contributed by atoms with Gasteiger partial charge in [-0.05, 0) is 41.0 Å². The molecule has 0 aliphatic heterocycles. The van der Waals surface area contributed by atoms with E-state index in [1.165, 1.54) is 5.56 Å². The number of nitrogens with one attached hydrogen (secondary N) is 1. The van der Waals surface area contributed by atoms with Crippen LogP contribution in [0.5, 0.6) is 0 Å². The molecule has 0 fully saturated rings. The molecule has 0 aliphatic rings. The lowest BCUT2D eigenvalue weighted by molar-refractivity contribution is 0.171. The molecule has 0 radical (unpaired) electrons. The maximum atomic E-state index is 5.28. The van der Waals surface area contributed by atoms with Crippen molar-refractivity contribution in [1.29, 1.82) is 0 Å². The topological polar surface area (TPSA) is 64.9 Å². The summed E-state index contributed by atoms with van der Waals surface area (Å²) < 4.78 is 6.92. The minimum Gasteiger partial charge on any atom is -0.383 e. The van der Waals surface area contributed by atoms with Crippen LogP contribution in [0.15, 0.2) is 24.5 Å². The Kier molecular flexibility index (Phi) is 4.68. The molecule has 0 saturated heterocycles. The first-order valence-electron chi connectivity index (χ1n) is 6.71. The van der Waals surface area contributed by atoms with Crippen molar-refractivity contribution in [2.24, 2.45) is 5.92 Å². The molecule has 0 saturated carbocycles. The first-order chi connectivity index (χ1) is 9.61. The van der Waals surface area contributed by atoms with Crippen molar-refractivity contribution in [2.75, 3.05) is 19.0 Å². The molecule has 1 heterocycles. The Morgan fingerprint density at radius 3 is 2.75 bits per heavy atom. The zero-order valence-corrected chi connectivity index (χ0v) is 12.4. The molecule has 0 spiro atoms. The lowest BCUT2D eigenvalue weighted by atomic mass is 10.0. The van der Waals surface area contributed by atoms with Gasteiger partial charge in [0, 0.05) is 12.8 Å². The van der Waals surface area contributed by atoms with Gasteiger partial charge >= 0.3 is 0 Å². The van der Waals surface area contributed by atoms with Crippen molar-refractivity contribution < 1.29 is 4.74 Å². The average Bonchev–Trinajstić information content (AvgIpc) is 2.94. The molecule has 1 N–H and O–H groups in total. The summed E-state index contributed by atoms with van der Waals surface area (Å²) >= 11 is 0. The van der Waals surface area contributed by atoms with Crippen LogP contribution < -0.4 is 5.32 Å². The van der Waals surface area contributed by atoms with Crippen LogP contribution in [-0.2, 0) is 4.74 Å². The van der Waals surface area contributed by atoms with E-state index in [9.17, 15) is 0 Å². The number of hydrogen-bond acceptors (Lipinski definition) is 5. The number of nitrogens with zero attached hydrogens (tertiary/aromatic N) is 4. The molecule has 6 nitrogen and oxygen atoms in total. The molecule has 2 rings (SSSR count). The van der Waals surface area contributed by atoms with Gasteiger partial charge in [-0.1, -0.05) is 19.9 Å². The van der Waals surface area contributed by atoms with E-state index in [-0.39, 0.29) is 6.04 Å². The molecule has 0 amide bonds. The highest BCUT2D eigenvalue weighted by molar-refractivity contribution is 5.57. The number of rotatable bonds is 6. The first kappa shape index (κ1) is 14.5. The fourth-order valence-electron chi connectivity index (χ4n) is 1.97.